The van der Waals surface area contributed by atoms with E-state index >= 15 is 0 Å². The average Bonchev–Trinajstić information content (AvgIpc) is 3.61. The standard InChI is InChI=1S/C20H19BrN6O4S2/c1-32-16-10-22-20(23-11-16)31-9-8-30-19-17(13-2-4-14(21)5-3-13)18(24-12-25-19)27-33(28,29)26-15-6-7-15/h2,4,10-12,15,26H,6-9H2,1H3,(H,24,25,27). The molecule has 0 spiro atoms. The monoisotopic (exact) mass is 550 g/mol. The highest BCUT2D eigenvalue weighted by Crippen LogP contribution is 2.32. The first-order chi connectivity index (χ1) is 15.9. The highest BCUT2D eigenvalue weighted by atomic mass is 79.9. The van der Waals surface area contributed by atoms with E-state index in [0.717, 1.165) is 17.7 Å². The van der Waals surface area contributed by atoms with Crippen molar-refractivity contribution in [1.82, 2.24) is 24.7 Å². The molecule has 0 atom stereocenters. The maximum absolute atomic E-state index is 12.5. The normalized spacial score (nSPS) is 15.1. The Morgan fingerprint density at radius 2 is 1.88 bits per heavy atom. The molecule has 2 aliphatic carbocycles. The smallest absolute Gasteiger partial charge is 0.316 e. The molecule has 0 unspecified atom stereocenters. The third-order valence-electron chi connectivity index (χ3n) is 4.32. The second-order valence-electron chi connectivity index (χ2n) is 6.85. The van der Waals surface area contributed by atoms with Crippen LogP contribution in [0.25, 0.3) is 5.57 Å². The Morgan fingerprint density at radius 1 is 1.12 bits per heavy atom. The summed E-state index contributed by atoms with van der Waals surface area (Å²) in [6, 6.07) is 0.176. The van der Waals surface area contributed by atoms with Crippen LogP contribution >= 0.6 is 27.7 Å². The van der Waals surface area contributed by atoms with Crippen molar-refractivity contribution in [3.8, 4) is 11.9 Å². The van der Waals surface area contributed by atoms with Gasteiger partial charge in [-0.3, -0.25) is 4.72 Å². The van der Waals surface area contributed by atoms with E-state index in [0.29, 0.717) is 15.6 Å². The van der Waals surface area contributed by atoms with Crippen molar-refractivity contribution in [3.05, 3.63) is 52.4 Å². The summed E-state index contributed by atoms with van der Waals surface area (Å²) in [6.07, 6.45) is 11.6. The number of anilines is 1. The van der Waals surface area contributed by atoms with Gasteiger partial charge in [-0.1, -0.05) is 11.5 Å². The van der Waals surface area contributed by atoms with Crippen molar-refractivity contribution in [3.63, 3.8) is 0 Å². The van der Waals surface area contributed by atoms with Crippen LogP contribution in [0.4, 0.5) is 5.82 Å². The number of thioether (sulfide) groups is 1. The highest BCUT2D eigenvalue weighted by molar-refractivity contribution is 9.11. The predicted molar refractivity (Wildman–Crippen MR) is 128 cm³/mol. The predicted octanol–water partition coefficient (Wildman–Crippen LogP) is 2.84. The van der Waals surface area contributed by atoms with Crippen molar-refractivity contribution in [2.75, 3.05) is 24.2 Å². The van der Waals surface area contributed by atoms with Crippen LogP contribution in [0.15, 0.2) is 51.7 Å². The molecular weight excluding hydrogens is 532 g/mol. The zero-order valence-corrected chi connectivity index (χ0v) is 20.6. The average molecular weight is 551 g/mol. The molecule has 2 aromatic heterocycles. The molecule has 2 N–H and O–H groups in total. The highest BCUT2D eigenvalue weighted by Gasteiger charge is 2.28. The maximum Gasteiger partial charge on any atom is 0.316 e. The lowest BCUT2D eigenvalue weighted by molar-refractivity contribution is 0.201. The van der Waals surface area contributed by atoms with Gasteiger partial charge >= 0.3 is 16.2 Å². The van der Waals surface area contributed by atoms with Crippen LogP contribution in [-0.2, 0) is 10.2 Å². The summed E-state index contributed by atoms with van der Waals surface area (Å²) in [7, 11) is -3.82. The zero-order valence-electron chi connectivity index (χ0n) is 17.4. The number of aromatic nitrogens is 4. The van der Waals surface area contributed by atoms with Crippen LogP contribution in [0.2, 0.25) is 0 Å². The zero-order chi connectivity index (χ0) is 23.3. The number of ether oxygens (including phenoxy) is 2. The van der Waals surface area contributed by atoms with E-state index in [4.69, 9.17) is 9.47 Å². The van der Waals surface area contributed by atoms with Gasteiger partial charge in [0.25, 0.3) is 0 Å². The lowest BCUT2D eigenvalue weighted by Gasteiger charge is -2.15. The fourth-order valence-electron chi connectivity index (χ4n) is 2.64. The van der Waals surface area contributed by atoms with Gasteiger partial charge in [0.05, 0.1) is 10.0 Å². The summed E-state index contributed by atoms with van der Waals surface area (Å²) in [4.78, 5) is 17.5. The molecule has 4 rings (SSSR count). The molecule has 0 bridgehead atoms. The first-order valence-corrected chi connectivity index (χ1v) is 13.3. The van der Waals surface area contributed by atoms with Gasteiger partial charge in [0.15, 0.2) is 5.82 Å². The maximum atomic E-state index is 12.5. The summed E-state index contributed by atoms with van der Waals surface area (Å²) in [6.45, 7) is 0.271. The van der Waals surface area contributed by atoms with Gasteiger partial charge in [-0.25, -0.2) is 19.9 Å². The van der Waals surface area contributed by atoms with Gasteiger partial charge < -0.3 is 9.47 Å². The molecule has 2 aromatic rings. The first-order valence-electron chi connectivity index (χ1n) is 9.80. The lowest BCUT2D eigenvalue weighted by Crippen LogP contribution is -2.32. The molecule has 0 aliphatic heterocycles. The van der Waals surface area contributed by atoms with Crippen LogP contribution in [0.5, 0.6) is 11.9 Å². The SMILES string of the molecule is CSc1cnc(OCCOc2ncnc(NS(=O)(=O)NC3CC3)c2C2=C=C=C(Br)C=C2)nc1. The molecule has 0 aromatic carbocycles. The second kappa shape index (κ2) is 10.5. The Morgan fingerprint density at radius 3 is 2.55 bits per heavy atom. The first kappa shape index (κ1) is 23.5. The molecule has 13 heteroatoms. The van der Waals surface area contributed by atoms with Crippen LogP contribution in [0.1, 0.15) is 18.4 Å². The number of allylic oxidation sites excluding steroid dienone is 4. The molecule has 0 saturated heterocycles. The Hall–Kier alpha value is -2.66. The molecule has 172 valence electrons. The molecule has 0 amide bonds. The topological polar surface area (TPSA) is 128 Å². The van der Waals surface area contributed by atoms with Gasteiger partial charge in [0.2, 0.25) is 5.88 Å². The van der Waals surface area contributed by atoms with E-state index in [9.17, 15) is 8.42 Å². The second-order valence-corrected chi connectivity index (χ2v) is 10.0. The van der Waals surface area contributed by atoms with E-state index in [1.807, 2.05) is 6.26 Å². The van der Waals surface area contributed by atoms with Gasteiger partial charge in [0.1, 0.15) is 19.5 Å². The molecule has 0 radical (unpaired) electrons. The Bertz CT molecular complexity index is 1270. The summed E-state index contributed by atoms with van der Waals surface area (Å²) in [5.41, 5.74) is 6.71. The van der Waals surface area contributed by atoms with Gasteiger partial charge in [-0.2, -0.15) is 13.1 Å². The number of hydrogen-bond donors (Lipinski definition) is 2. The minimum absolute atomic E-state index is 0.0552. The summed E-state index contributed by atoms with van der Waals surface area (Å²) < 4.78 is 42.0. The quantitative estimate of drug-likeness (QED) is 0.246. The van der Waals surface area contributed by atoms with Gasteiger partial charge in [-0.05, 0) is 47.2 Å². The third-order valence-corrected chi connectivity index (χ3v) is 6.57. The number of nitrogens with zero attached hydrogens (tertiary/aromatic N) is 4. The summed E-state index contributed by atoms with van der Waals surface area (Å²) >= 11 is 4.85. The number of nitrogens with one attached hydrogen (secondary N) is 2. The molecule has 2 heterocycles. The van der Waals surface area contributed by atoms with E-state index in [2.05, 4.69) is 56.8 Å². The fourth-order valence-corrected chi connectivity index (χ4v) is 4.33. The van der Waals surface area contributed by atoms with Crippen molar-refractivity contribution >= 4 is 49.3 Å². The summed E-state index contributed by atoms with van der Waals surface area (Å²) in [5, 5.41) is 0. The summed E-state index contributed by atoms with van der Waals surface area (Å²) in [5.74, 6) is 0.236. The van der Waals surface area contributed by atoms with Crippen molar-refractivity contribution in [2.45, 2.75) is 23.8 Å². The molecule has 33 heavy (non-hydrogen) atoms. The van der Waals surface area contributed by atoms with Crippen molar-refractivity contribution < 1.29 is 17.9 Å². The van der Waals surface area contributed by atoms with E-state index in [-0.39, 0.29) is 37.0 Å². The Labute approximate surface area is 203 Å². The number of rotatable bonds is 11. The lowest BCUT2D eigenvalue weighted by atomic mass is 10.1. The third kappa shape index (κ3) is 6.67. The van der Waals surface area contributed by atoms with Crippen molar-refractivity contribution in [1.29, 1.82) is 0 Å². The van der Waals surface area contributed by atoms with E-state index in [1.54, 1.807) is 24.5 Å². The molecular formula is C20H19BrN6O4S2. The van der Waals surface area contributed by atoms with E-state index in [1.165, 1.54) is 18.1 Å². The Balaban J connectivity index is 1.52. The van der Waals surface area contributed by atoms with Crippen LogP contribution < -0.4 is 18.9 Å². The minimum Gasteiger partial charge on any atom is -0.473 e. The van der Waals surface area contributed by atoms with Crippen LogP contribution in [0.3, 0.4) is 0 Å². The molecule has 1 saturated carbocycles. The minimum atomic E-state index is -3.82. The number of hydrogen-bond acceptors (Lipinski definition) is 9. The van der Waals surface area contributed by atoms with Crippen molar-refractivity contribution in [2.24, 2.45) is 0 Å². The fraction of sp³-hybridized carbons (Fsp3) is 0.300. The van der Waals surface area contributed by atoms with Gasteiger partial charge in [0, 0.05) is 28.9 Å². The molecule has 2 aliphatic rings. The molecule has 1 fully saturated rings. The molecule has 10 nitrogen and oxygen atoms in total. The van der Waals surface area contributed by atoms with Crippen LogP contribution in [-0.4, -0.2) is 53.9 Å². The van der Waals surface area contributed by atoms with Gasteiger partial charge in [-0.15, -0.1) is 11.8 Å². The van der Waals surface area contributed by atoms with Crippen LogP contribution in [0, 0.1) is 0 Å². The largest absolute Gasteiger partial charge is 0.473 e. The Kier molecular flexibility index (Phi) is 7.49. The number of halogens is 1. The van der Waals surface area contributed by atoms with E-state index < -0.39 is 10.2 Å².